The average molecular weight is 1010 g/mol. The summed E-state index contributed by atoms with van der Waals surface area (Å²) in [6.07, 6.45) is -3.27. The number of nitrogens with zero attached hydrogens (tertiary/aromatic N) is 5. The molecule has 3 heterocycles. The molecule has 3 aliphatic rings. The van der Waals surface area contributed by atoms with E-state index in [0.717, 1.165) is 16.9 Å². The fourth-order valence-electron chi connectivity index (χ4n) is 9.16. The molecule has 16 nitrogen and oxygen atoms in total. The summed E-state index contributed by atoms with van der Waals surface area (Å²) in [6, 6.07) is -2.65. The van der Waals surface area contributed by atoms with Gasteiger partial charge in [0, 0.05) is 51.2 Å². The molecule has 382 valence electrons. The molecule has 1 saturated carbocycles. The van der Waals surface area contributed by atoms with E-state index in [1.807, 2.05) is 13.8 Å². The van der Waals surface area contributed by atoms with Crippen LogP contribution >= 0.6 is 22.9 Å². The summed E-state index contributed by atoms with van der Waals surface area (Å²) in [7, 11) is 3.01. The minimum Gasteiger partial charge on any atom is -0.373 e. The predicted molar refractivity (Wildman–Crippen MR) is 250 cm³/mol. The minimum atomic E-state index is -5.44. The number of aromatic nitrogens is 1. The van der Waals surface area contributed by atoms with Gasteiger partial charge in [-0.3, -0.25) is 38.5 Å². The van der Waals surface area contributed by atoms with Crippen molar-refractivity contribution in [3.05, 3.63) is 40.5 Å². The Balaban J connectivity index is 1.49. The summed E-state index contributed by atoms with van der Waals surface area (Å²) in [5.74, 6) is -6.33. The standard InChI is InChI=1S/C47H65ClF4N8O8S/c1-8-59(44(66)34(19-28-12-11-13-28)56-41(63)37-22-31(49)24-60(37)45(67)46(5,68)47(50,51)52)35-14-9-10-17-57(6)42(64)27(4)54-40(62)36(58(7)43(65)33(18-26(2)3)55-39(35)61)21-29-20-30(48)15-16-32(29)38-23-53-25-69-38/h15-16,20,23,25-28,31,33-37,68H,8-14,17-19,21-22,24H2,1-7H3,(H,54,62)(H,55,61)(H,56,63)/t27-,31-,33+,34+,35+,36+,37+,46-/m1/s1. The number of aliphatic hydroxyl groups is 1. The summed E-state index contributed by atoms with van der Waals surface area (Å²) in [5.41, 5.74) is -0.920. The van der Waals surface area contributed by atoms with Crippen LogP contribution < -0.4 is 16.0 Å². The molecule has 69 heavy (non-hydrogen) atoms. The van der Waals surface area contributed by atoms with Crippen LogP contribution in [0, 0.1) is 11.8 Å². The number of amides is 7. The second-order valence-electron chi connectivity index (χ2n) is 19.1. The zero-order chi connectivity index (χ0) is 51.1. The zero-order valence-corrected chi connectivity index (χ0v) is 41.7. The van der Waals surface area contributed by atoms with Gasteiger partial charge in [0.25, 0.3) is 5.91 Å². The van der Waals surface area contributed by atoms with E-state index in [2.05, 4.69) is 20.9 Å². The molecular weight excluding hydrogens is 948 g/mol. The Morgan fingerprint density at radius 1 is 1.01 bits per heavy atom. The quantitative estimate of drug-likeness (QED) is 0.206. The molecule has 0 unspecified atom stereocenters. The lowest BCUT2D eigenvalue weighted by Crippen LogP contribution is -2.62. The van der Waals surface area contributed by atoms with Crippen molar-refractivity contribution in [3.8, 4) is 10.4 Å². The number of rotatable bonds is 13. The van der Waals surface area contributed by atoms with E-state index in [1.54, 1.807) is 50.8 Å². The number of hydrogen-bond donors (Lipinski definition) is 4. The Kier molecular flexibility index (Phi) is 18.6. The molecule has 8 atom stereocenters. The number of halogens is 5. The summed E-state index contributed by atoms with van der Waals surface area (Å²) in [5, 5.41) is 18.8. The van der Waals surface area contributed by atoms with Crippen LogP contribution in [-0.2, 0) is 40.0 Å². The number of likely N-dealkylation sites (N-methyl/N-ethyl adjacent to an activating group) is 3. The molecule has 0 radical (unpaired) electrons. The van der Waals surface area contributed by atoms with Gasteiger partial charge in [-0.2, -0.15) is 13.2 Å². The highest BCUT2D eigenvalue weighted by molar-refractivity contribution is 7.13. The smallest absolute Gasteiger partial charge is 0.373 e. The molecule has 2 aliphatic heterocycles. The van der Waals surface area contributed by atoms with E-state index in [0.29, 0.717) is 41.2 Å². The summed E-state index contributed by atoms with van der Waals surface area (Å²) >= 11 is 7.85. The Morgan fingerprint density at radius 2 is 1.71 bits per heavy atom. The van der Waals surface area contributed by atoms with Gasteiger partial charge in [0.2, 0.25) is 41.0 Å². The number of hydrogen-bond acceptors (Lipinski definition) is 10. The van der Waals surface area contributed by atoms with Gasteiger partial charge in [-0.1, -0.05) is 50.8 Å². The third-order valence-corrected chi connectivity index (χ3v) is 14.5. The second-order valence-corrected chi connectivity index (χ2v) is 20.4. The molecule has 7 amide bonds. The van der Waals surface area contributed by atoms with E-state index in [9.17, 15) is 56.2 Å². The predicted octanol–water partition coefficient (Wildman–Crippen LogP) is 4.66. The fraction of sp³-hybridized carbons (Fsp3) is 0.660. The molecule has 4 N–H and O–H groups in total. The van der Waals surface area contributed by atoms with Crippen molar-refractivity contribution < 1.29 is 56.2 Å². The van der Waals surface area contributed by atoms with E-state index in [-0.39, 0.29) is 57.5 Å². The Bertz CT molecular complexity index is 2180. The number of likely N-dealkylation sites (tertiary alicyclic amines) is 1. The summed E-state index contributed by atoms with van der Waals surface area (Å²) < 4.78 is 56.1. The van der Waals surface area contributed by atoms with Gasteiger partial charge >= 0.3 is 6.18 Å². The van der Waals surface area contributed by atoms with E-state index < -0.39 is 109 Å². The zero-order valence-electron chi connectivity index (χ0n) is 40.1. The monoisotopic (exact) mass is 1010 g/mol. The normalized spacial score (nSPS) is 25.2. The summed E-state index contributed by atoms with van der Waals surface area (Å²) in [6.45, 7) is 6.33. The summed E-state index contributed by atoms with van der Waals surface area (Å²) in [4.78, 5) is 109. The Labute approximate surface area is 409 Å². The van der Waals surface area contributed by atoms with Crippen LogP contribution in [0.3, 0.4) is 0 Å². The van der Waals surface area contributed by atoms with Crippen molar-refractivity contribution in [2.45, 2.75) is 153 Å². The molecule has 1 aromatic heterocycles. The number of nitrogens with one attached hydrogen (secondary N) is 3. The fourth-order valence-corrected chi connectivity index (χ4v) is 10.0. The highest BCUT2D eigenvalue weighted by atomic mass is 35.5. The number of carbonyl (C=O) groups is 7. The van der Waals surface area contributed by atoms with Crippen LogP contribution in [-0.4, -0.2) is 159 Å². The first-order valence-electron chi connectivity index (χ1n) is 23.5. The number of thiazole rings is 1. The van der Waals surface area contributed by atoms with Crippen molar-refractivity contribution in [2.75, 3.05) is 33.7 Å². The molecular formula is C47H65ClF4N8O8S. The van der Waals surface area contributed by atoms with E-state index in [1.165, 1.54) is 33.1 Å². The highest BCUT2D eigenvalue weighted by Gasteiger charge is 2.59. The number of alkyl halides is 4. The lowest BCUT2D eigenvalue weighted by Gasteiger charge is -2.38. The van der Waals surface area contributed by atoms with Crippen LogP contribution in [0.15, 0.2) is 29.9 Å². The molecule has 2 aromatic rings. The van der Waals surface area contributed by atoms with Crippen molar-refractivity contribution in [3.63, 3.8) is 0 Å². The van der Waals surface area contributed by atoms with Crippen LogP contribution in [0.2, 0.25) is 5.02 Å². The first-order valence-corrected chi connectivity index (χ1v) is 24.8. The van der Waals surface area contributed by atoms with Gasteiger partial charge in [0.15, 0.2) is 0 Å². The number of benzene rings is 1. The number of carbonyl (C=O) groups excluding carboxylic acids is 7. The lowest BCUT2D eigenvalue weighted by molar-refractivity contribution is -0.250. The molecule has 0 bridgehead atoms. The first kappa shape index (κ1) is 55.0. The van der Waals surface area contributed by atoms with E-state index in [4.69, 9.17) is 11.6 Å². The van der Waals surface area contributed by atoms with Crippen molar-refractivity contribution in [1.29, 1.82) is 0 Å². The van der Waals surface area contributed by atoms with Crippen molar-refractivity contribution in [1.82, 2.24) is 40.5 Å². The van der Waals surface area contributed by atoms with Crippen LogP contribution in [0.5, 0.6) is 0 Å². The molecule has 3 fully saturated rings. The molecule has 1 aliphatic carbocycles. The van der Waals surface area contributed by atoms with Gasteiger partial charge in [0.1, 0.15) is 42.4 Å². The van der Waals surface area contributed by atoms with Crippen LogP contribution in [0.4, 0.5) is 17.6 Å². The topological polar surface area (TPSA) is 202 Å². The minimum absolute atomic E-state index is 0.0426. The van der Waals surface area contributed by atoms with Crippen LogP contribution in [0.25, 0.3) is 10.4 Å². The first-order chi connectivity index (χ1) is 32.4. The third kappa shape index (κ3) is 13.3. The third-order valence-electron chi connectivity index (χ3n) is 13.4. The van der Waals surface area contributed by atoms with Crippen LogP contribution in [0.1, 0.15) is 98.0 Å². The molecule has 5 rings (SSSR count). The van der Waals surface area contributed by atoms with Crippen molar-refractivity contribution in [2.24, 2.45) is 11.8 Å². The SMILES string of the molecule is CCN(C(=O)[C@H](CC1CCC1)NC(=O)[C@@H]1C[C@@H](F)CN1C(=O)[C@@](C)(O)C(F)(F)F)[C@H]1CCCCN(C)C(=O)[C@@H](C)NC(=O)[C@H](Cc2cc(Cl)ccc2-c2cncs2)N(C)C(=O)[C@H](CC(C)C)NC1=O. The molecule has 1 aromatic carbocycles. The highest BCUT2D eigenvalue weighted by Crippen LogP contribution is 2.36. The van der Waals surface area contributed by atoms with Gasteiger partial charge in [-0.05, 0) is 88.0 Å². The van der Waals surface area contributed by atoms with E-state index >= 15 is 0 Å². The maximum absolute atomic E-state index is 14.9. The lowest BCUT2D eigenvalue weighted by atomic mass is 9.80. The maximum Gasteiger partial charge on any atom is 0.426 e. The van der Waals surface area contributed by atoms with Gasteiger partial charge in [-0.25, -0.2) is 4.39 Å². The molecule has 2 saturated heterocycles. The molecule has 0 spiro atoms. The van der Waals surface area contributed by atoms with Gasteiger partial charge in [0.05, 0.1) is 16.9 Å². The van der Waals surface area contributed by atoms with Gasteiger partial charge in [-0.15, -0.1) is 11.3 Å². The maximum atomic E-state index is 14.9. The van der Waals surface area contributed by atoms with Gasteiger partial charge < -0.3 is 40.7 Å². The molecule has 22 heteroatoms. The largest absolute Gasteiger partial charge is 0.426 e. The van der Waals surface area contributed by atoms with Crippen molar-refractivity contribution >= 4 is 64.3 Å². The average Bonchev–Trinajstić information content (AvgIpc) is 3.95. The Hall–Kier alpha value is -4.89. The second kappa shape index (κ2) is 23.3. The Morgan fingerprint density at radius 3 is 2.30 bits per heavy atom.